The molecular formula is C14H27N3O3S. The number of hydrogen-bond donors (Lipinski definition) is 2. The van der Waals surface area contributed by atoms with Gasteiger partial charge in [-0.15, -0.1) is 0 Å². The van der Waals surface area contributed by atoms with Crippen LogP contribution in [0.5, 0.6) is 0 Å². The summed E-state index contributed by atoms with van der Waals surface area (Å²) >= 11 is 0. The molecule has 122 valence electrons. The van der Waals surface area contributed by atoms with Gasteiger partial charge in [-0.05, 0) is 38.2 Å². The van der Waals surface area contributed by atoms with Crippen molar-refractivity contribution in [3.63, 3.8) is 0 Å². The third-order valence-electron chi connectivity index (χ3n) is 3.24. The number of furan rings is 1. The van der Waals surface area contributed by atoms with Crippen LogP contribution < -0.4 is 10.0 Å². The molecule has 2 N–H and O–H groups in total. The Kier molecular flexibility index (Phi) is 7.95. The maximum atomic E-state index is 12.1. The van der Waals surface area contributed by atoms with Crippen LogP contribution in [0.1, 0.15) is 33.0 Å². The summed E-state index contributed by atoms with van der Waals surface area (Å²) in [5, 5.41) is 3.16. The van der Waals surface area contributed by atoms with E-state index in [1.807, 2.05) is 0 Å². The molecular weight excluding hydrogens is 290 g/mol. The summed E-state index contributed by atoms with van der Waals surface area (Å²) < 4.78 is 32.1. The van der Waals surface area contributed by atoms with E-state index in [4.69, 9.17) is 4.42 Å². The highest BCUT2D eigenvalue weighted by molar-refractivity contribution is 7.89. The van der Waals surface area contributed by atoms with Gasteiger partial charge in [-0.1, -0.05) is 20.8 Å². The van der Waals surface area contributed by atoms with Crippen molar-refractivity contribution < 1.29 is 12.8 Å². The Bertz CT molecular complexity index is 495. The first-order valence-corrected chi connectivity index (χ1v) is 9.03. The Hall–Kier alpha value is -0.890. The van der Waals surface area contributed by atoms with Gasteiger partial charge in [-0.2, -0.15) is 0 Å². The molecule has 0 bridgehead atoms. The molecule has 0 aliphatic heterocycles. The number of rotatable bonds is 11. The van der Waals surface area contributed by atoms with Crippen molar-refractivity contribution in [2.75, 3.05) is 32.7 Å². The fourth-order valence-electron chi connectivity index (χ4n) is 1.94. The number of nitrogens with one attached hydrogen (secondary N) is 2. The molecule has 1 rings (SSSR count). The van der Waals surface area contributed by atoms with Crippen LogP contribution in [0.25, 0.3) is 0 Å². The Balaban J connectivity index is 2.50. The van der Waals surface area contributed by atoms with Crippen molar-refractivity contribution in [3.05, 3.63) is 17.9 Å². The minimum atomic E-state index is -3.55. The molecule has 1 aromatic heterocycles. The molecule has 1 aromatic rings. The van der Waals surface area contributed by atoms with Crippen LogP contribution in [0.3, 0.4) is 0 Å². The third kappa shape index (κ3) is 6.17. The average Bonchev–Trinajstić information content (AvgIpc) is 2.94. The van der Waals surface area contributed by atoms with E-state index in [1.165, 1.54) is 6.07 Å². The topological polar surface area (TPSA) is 74.6 Å². The van der Waals surface area contributed by atoms with E-state index in [0.717, 1.165) is 26.1 Å². The predicted octanol–water partition coefficient (Wildman–Crippen LogP) is 1.40. The molecule has 7 heteroatoms. The lowest BCUT2D eigenvalue weighted by atomic mass is 10.4. The monoisotopic (exact) mass is 317 g/mol. The molecule has 0 aromatic carbocycles. The van der Waals surface area contributed by atoms with E-state index in [9.17, 15) is 8.42 Å². The maximum Gasteiger partial charge on any atom is 0.274 e. The molecule has 1 heterocycles. The van der Waals surface area contributed by atoms with Crippen LogP contribution in [0.15, 0.2) is 21.6 Å². The summed E-state index contributed by atoms with van der Waals surface area (Å²) in [6.07, 6.45) is 1.03. The van der Waals surface area contributed by atoms with Gasteiger partial charge in [-0.25, -0.2) is 13.1 Å². The van der Waals surface area contributed by atoms with Crippen molar-refractivity contribution in [2.45, 2.75) is 38.8 Å². The largest absolute Gasteiger partial charge is 0.447 e. The van der Waals surface area contributed by atoms with Crippen molar-refractivity contribution in [2.24, 2.45) is 0 Å². The smallest absolute Gasteiger partial charge is 0.274 e. The van der Waals surface area contributed by atoms with E-state index in [2.05, 4.69) is 35.7 Å². The third-order valence-corrected chi connectivity index (χ3v) is 4.58. The second-order valence-electron chi connectivity index (χ2n) is 4.82. The van der Waals surface area contributed by atoms with E-state index in [0.29, 0.717) is 25.4 Å². The normalized spacial score (nSPS) is 12.2. The van der Waals surface area contributed by atoms with Gasteiger partial charge in [0, 0.05) is 13.1 Å². The molecule has 0 saturated heterocycles. The van der Waals surface area contributed by atoms with Crippen LogP contribution in [0, 0.1) is 0 Å². The van der Waals surface area contributed by atoms with E-state index >= 15 is 0 Å². The van der Waals surface area contributed by atoms with Crippen LogP contribution in [0.2, 0.25) is 0 Å². The van der Waals surface area contributed by atoms with Crippen molar-refractivity contribution >= 4 is 10.0 Å². The van der Waals surface area contributed by atoms with E-state index < -0.39 is 10.0 Å². The highest BCUT2D eigenvalue weighted by Crippen LogP contribution is 2.13. The van der Waals surface area contributed by atoms with Gasteiger partial charge in [0.2, 0.25) is 5.09 Å². The zero-order valence-electron chi connectivity index (χ0n) is 13.2. The lowest BCUT2D eigenvalue weighted by molar-refractivity contribution is 0.308. The quantitative estimate of drug-likeness (QED) is 0.604. The summed E-state index contributed by atoms with van der Waals surface area (Å²) in [6, 6.07) is 3.20. The average molecular weight is 317 g/mol. The summed E-state index contributed by atoms with van der Waals surface area (Å²) in [5.41, 5.74) is 0. The molecule has 0 aliphatic rings. The summed E-state index contributed by atoms with van der Waals surface area (Å²) in [4.78, 5) is 2.16. The molecule has 0 unspecified atom stereocenters. The Morgan fingerprint density at radius 2 is 1.86 bits per heavy atom. The highest BCUT2D eigenvalue weighted by atomic mass is 32.2. The second-order valence-corrected chi connectivity index (χ2v) is 6.52. The first-order valence-electron chi connectivity index (χ1n) is 7.54. The number of likely N-dealkylation sites (N-methyl/N-ethyl adjacent to an activating group) is 1. The van der Waals surface area contributed by atoms with Gasteiger partial charge in [0.1, 0.15) is 5.76 Å². The minimum absolute atomic E-state index is 0.0182. The molecule has 0 atom stereocenters. The molecule has 0 saturated carbocycles. The first kappa shape index (κ1) is 18.2. The predicted molar refractivity (Wildman–Crippen MR) is 83.7 cm³/mol. The lowest BCUT2D eigenvalue weighted by Crippen LogP contribution is -2.34. The molecule has 6 nitrogen and oxygen atoms in total. The molecule has 0 spiro atoms. The zero-order valence-corrected chi connectivity index (χ0v) is 14.0. The fraction of sp³-hybridized carbons (Fsp3) is 0.714. The first-order chi connectivity index (χ1) is 10.0. The molecule has 21 heavy (non-hydrogen) atoms. The Labute approximate surface area is 127 Å². The second kappa shape index (κ2) is 9.19. The Morgan fingerprint density at radius 1 is 1.14 bits per heavy atom. The van der Waals surface area contributed by atoms with Crippen LogP contribution in [-0.2, 0) is 16.6 Å². The van der Waals surface area contributed by atoms with Gasteiger partial charge in [0.05, 0.1) is 6.54 Å². The molecule has 0 fully saturated rings. The number of hydrogen-bond acceptors (Lipinski definition) is 5. The highest BCUT2D eigenvalue weighted by Gasteiger charge is 2.18. The van der Waals surface area contributed by atoms with E-state index in [-0.39, 0.29) is 5.09 Å². The standard InChI is InChI=1S/C14H27N3O3S/c1-4-9-15-12-13-7-8-14(20-13)21(18,19)16-10-11-17(5-2)6-3/h7-8,15-16H,4-6,9-12H2,1-3H3. The van der Waals surface area contributed by atoms with Crippen molar-refractivity contribution in [1.29, 1.82) is 0 Å². The molecule has 0 amide bonds. The summed E-state index contributed by atoms with van der Waals surface area (Å²) in [6.45, 7) is 10.5. The zero-order chi connectivity index (χ0) is 15.7. The fourth-order valence-corrected chi connectivity index (χ4v) is 2.90. The van der Waals surface area contributed by atoms with Gasteiger partial charge < -0.3 is 14.6 Å². The summed E-state index contributed by atoms with van der Waals surface area (Å²) in [5.74, 6) is 0.632. The van der Waals surface area contributed by atoms with Crippen molar-refractivity contribution in [1.82, 2.24) is 14.9 Å². The van der Waals surface area contributed by atoms with Crippen molar-refractivity contribution in [3.8, 4) is 0 Å². The molecule has 0 radical (unpaired) electrons. The van der Waals surface area contributed by atoms with E-state index in [1.54, 1.807) is 6.07 Å². The SMILES string of the molecule is CCCNCc1ccc(S(=O)(=O)NCCN(CC)CC)o1. The number of nitrogens with zero attached hydrogens (tertiary/aromatic N) is 1. The Morgan fingerprint density at radius 3 is 2.48 bits per heavy atom. The van der Waals surface area contributed by atoms with Crippen LogP contribution >= 0.6 is 0 Å². The molecule has 0 aliphatic carbocycles. The van der Waals surface area contributed by atoms with Crippen LogP contribution in [-0.4, -0.2) is 46.0 Å². The van der Waals surface area contributed by atoms with Gasteiger partial charge in [-0.3, -0.25) is 0 Å². The maximum absolute atomic E-state index is 12.1. The van der Waals surface area contributed by atoms with Crippen LogP contribution in [0.4, 0.5) is 0 Å². The summed E-state index contributed by atoms with van der Waals surface area (Å²) in [7, 11) is -3.55. The number of sulfonamides is 1. The van der Waals surface area contributed by atoms with Gasteiger partial charge >= 0.3 is 0 Å². The minimum Gasteiger partial charge on any atom is -0.447 e. The van der Waals surface area contributed by atoms with Gasteiger partial charge in [0.15, 0.2) is 0 Å². The lowest BCUT2D eigenvalue weighted by Gasteiger charge is -2.17. The van der Waals surface area contributed by atoms with Gasteiger partial charge in [0.25, 0.3) is 10.0 Å².